The quantitative estimate of drug-likeness (QED) is 0.784. The number of benzene rings is 1. The fourth-order valence-corrected chi connectivity index (χ4v) is 4.24. The van der Waals surface area contributed by atoms with Crippen LogP contribution in [0.2, 0.25) is 0 Å². The summed E-state index contributed by atoms with van der Waals surface area (Å²) in [7, 11) is 0. The van der Waals surface area contributed by atoms with Crippen LogP contribution in [-0.2, 0) is 0 Å². The lowest BCUT2D eigenvalue weighted by molar-refractivity contribution is 0.0772. The molecular weight excluding hydrogens is 384 g/mol. The smallest absolute Gasteiger partial charge is 0.257 e. The lowest BCUT2D eigenvalue weighted by Crippen LogP contribution is -2.37. The maximum atomic E-state index is 12.7. The van der Waals surface area contributed by atoms with Gasteiger partial charge in [-0.1, -0.05) is 0 Å². The van der Waals surface area contributed by atoms with Gasteiger partial charge in [-0.05, 0) is 56.7 Å². The Morgan fingerprint density at radius 2 is 1.79 bits per heavy atom. The van der Waals surface area contributed by atoms with E-state index in [0.29, 0.717) is 16.8 Å². The van der Waals surface area contributed by atoms with Gasteiger partial charge in [0.2, 0.25) is 0 Å². The van der Waals surface area contributed by atoms with Crippen molar-refractivity contribution in [3.05, 3.63) is 53.2 Å². The highest BCUT2D eigenvalue weighted by atomic mass is 32.2. The monoisotopic (exact) mass is 412 g/mol. The average Bonchev–Trinajstić information content (AvgIpc) is 2.76. The molecule has 1 fully saturated rings. The number of pyridine rings is 1. The van der Waals surface area contributed by atoms with Crippen molar-refractivity contribution in [2.24, 2.45) is 0 Å². The molecule has 1 N–H and O–H groups in total. The predicted molar refractivity (Wildman–Crippen MR) is 120 cm³/mol. The molecule has 2 heterocycles. The summed E-state index contributed by atoms with van der Waals surface area (Å²) in [5, 5.41) is 2.93. The van der Waals surface area contributed by atoms with Gasteiger partial charge in [-0.2, -0.15) is 11.8 Å². The zero-order valence-corrected chi connectivity index (χ0v) is 18.1. The zero-order valence-electron chi connectivity index (χ0n) is 17.3. The molecule has 1 saturated heterocycles. The molecule has 0 bridgehead atoms. The summed E-state index contributed by atoms with van der Waals surface area (Å²) in [4.78, 5) is 33.7. The van der Waals surface area contributed by atoms with Crippen molar-refractivity contribution < 1.29 is 9.59 Å². The first-order chi connectivity index (χ1) is 14.0. The first-order valence-electron chi connectivity index (χ1n) is 10.0. The molecule has 1 aromatic heterocycles. The summed E-state index contributed by atoms with van der Waals surface area (Å²) in [6, 6.07) is 9.09. The molecule has 154 valence electrons. The molecule has 0 saturated carbocycles. The van der Waals surface area contributed by atoms with Gasteiger partial charge >= 0.3 is 0 Å². The second kappa shape index (κ2) is 9.78. The predicted octanol–water partition coefficient (Wildman–Crippen LogP) is 3.68. The van der Waals surface area contributed by atoms with E-state index in [0.717, 1.165) is 49.1 Å². The molecule has 7 heteroatoms. The summed E-state index contributed by atoms with van der Waals surface area (Å²) >= 11 is 1.88. The van der Waals surface area contributed by atoms with Crippen LogP contribution in [0.25, 0.3) is 0 Å². The Kier molecular flexibility index (Phi) is 7.14. The third-order valence-electron chi connectivity index (χ3n) is 5.12. The minimum Gasteiger partial charge on any atom is -0.357 e. The van der Waals surface area contributed by atoms with Crippen LogP contribution in [-0.4, -0.2) is 59.4 Å². The van der Waals surface area contributed by atoms with Crippen molar-refractivity contribution >= 4 is 35.1 Å². The molecule has 2 aromatic rings. The topological polar surface area (TPSA) is 65.5 Å². The Morgan fingerprint density at radius 1 is 1.10 bits per heavy atom. The molecule has 2 amide bonds. The third kappa shape index (κ3) is 5.09. The van der Waals surface area contributed by atoms with Crippen LogP contribution in [0.1, 0.15) is 40.1 Å². The first kappa shape index (κ1) is 21.2. The van der Waals surface area contributed by atoms with Gasteiger partial charge in [-0.3, -0.25) is 9.59 Å². The van der Waals surface area contributed by atoms with E-state index in [9.17, 15) is 9.59 Å². The largest absolute Gasteiger partial charge is 0.357 e. The van der Waals surface area contributed by atoms with Gasteiger partial charge in [-0.15, -0.1) is 0 Å². The third-order valence-corrected chi connectivity index (χ3v) is 6.06. The number of amides is 2. The second-order valence-corrected chi connectivity index (χ2v) is 8.19. The maximum absolute atomic E-state index is 12.7. The van der Waals surface area contributed by atoms with Gasteiger partial charge in [0, 0.05) is 55.1 Å². The summed E-state index contributed by atoms with van der Waals surface area (Å²) < 4.78 is 0. The molecule has 0 unspecified atom stereocenters. The maximum Gasteiger partial charge on any atom is 0.257 e. The average molecular weight is 413 g/mol. The number of nitrogens with zero attached hydrogens (tertiary/aromatic N) is 3. The lowest BCUT2D eigenvalue weighted by Gasteiger charge is -2.26. The van der Waals surface area contributed by atoms with Gasteiger partial charge in [-0.25, -0.2) is 4.98 Å². The van der Waals surface area contributed by atoms with Crippen molar-refractivity contribution in [1.29, 1.82) is 0 Å². The van der Waals surface area contributed by atoms with Gasteiger partial charge in [0.25, 0.3) is 11.8 Å². The molecule has 1 aliphatic rings. The van der Waals surface area contributed by atoms with Crippen molar-refractivity contribution in [2.45, 2.75) is 20.8 Å². The minimum atomic E-state index is -0.209. The highest BCUT2D eigenvalue weighted by Crippen LogP contribution is 2.20. The highest BCUT2D eigenvalue weighted by molar-refractivity contribution is 7.99. The van der Waals surface area contributed by atoms with Gasteiger partial charge in [0.05, 0.1) is 5.56 Å². The van der Waals surface area contributed by atoms with Crippen LogP contribution in [0.15, 0.2) is 36.5 Å². The minimum absolute atomic E-state index is 0.0578. The molecule has 0 radical (unpaired) electrons. The first-order valence-corrected chi connectivity index (χ1v) is 11.2. The van der Waals surface area contributed by atoms with Crippen LogP contribution in [0.3, 0.4) is 0 Å². The molecule has 29 heavy (non-hydrogen) atoms. The van der Waals surface area contributed by atoms with Crippen molar-refractivity contribution in [3.8, 4) is 0 Å². The number of aryl methyl sites for hydroxylation is 1. The normalized spacial score (nSPS) is 13.8. The summed E-state index contributed by atoms with van der Waals surface area (Å²) in [5.74, 6) is 2.68. The van der Waals surface area contributed by atoms with E-state index in [2.05, 4.69) is 29.0 Å². The van der Waals surface area contributed by atoms with E-state index in [1.165, 1.54) is 0 Å². The van der Waals surface area contributed by atoms with E-state index in [-0.39, 0.29) is 11.8 Å². The van der Waals surface area contributed by atoms with Crippen molar-refractivity contribution in [2.75, 3.05) is 47.9 Å². The number of hydrogen-bond acceptors (Lipinski definition) is 5. The number of carbonyl (C=O) groups is 2. The SMILES string of the molecule is CCN(CC)c1ccc(C(=O)Nc2ccc(C(=O)N3CCSCC3)cc2C)cn1. The summed E-state index contributed by atoms with van der Waals surface area (Å²) in [6.45, 7) is 9.38. The van der Waals surface area contributed by atoms with Crippen LogP contribution in [0.5, 0.6) is 0 Å². The van der Waals surface area contributed by atoms with E-state index in [4.69, 9.17) is 0 Å². The molecule has 1 aliphatic heterocycles. The van der Waals surface area contributed by atoms with E-state index in [1.807, 2.05) is 35.7 Å². The molecule has 1 aromatic carbocycles. The van der Waals surface area contributed by atoms with Crippen LogP contribution in [0, 0.1) is 6.92 Å². The number of anilines is 2. The molecule has 0 spiro atoms. The summed E-state index contributed by atoms with van der Waals surface area (Å²) in [5.41, 5.74) is 2.74. The Hall–Kier alpha value is -2.54. The Balaban J connectivity index is 1.68. The second-order valence-electron chi connectivity index (χ2n) is 6.97. The standard InChI is InChI=1S/C22H28N4O2S/c1-4-25(5-2)20-9-7-18(15-23-20)21(27)24-19-8-6-17(14-16(19)3)22(28)26-10-12-29-13-11-26/h6-9,14-15H,4-5,10-13H2,1-3H3,(H,24,27). The molecular formula is C22H28N4O2S. The zero-order chi connectivity index (χ0) is 20.8. The van der Waals surface area contributed by atoms with Gasteiger partial charge in [0.1, 0.15) is 5.82 Å². The van der Waals surface area contributed by atoms with E-state index >= 15 is 0 Å². The fourth-order valence-electron chi connectivity index (χ4n) is 3.34. The number of thioether (sulfide) groups is 1. The van der Waals surface area contributed by atoms with Gasteiger partial charge in [0.15, 0.2) is 0 Å². The fraction of sp³-hybridized carbons (Fsp3) is 0.409. The Bertz CT molecular complexity index is 860. The van der Waals surface area contributed by atoms with Crippen LogP contribution >= 0.6 is 11.8 Å². The molecule has 6 nitrogen and oxygen atoms in total. The van der Waals surface area contributed by atoms with Crippen LogP contribution < -0.4 is 10.2 Å². The number of hydrogen-bond donors (Lipinski definition) is 1. The van der Waals surface area contributed by atoms with Crippen molar-refractivity contribution in [3.63, 3.8) is 0 Å². The number of aromatic nitrogens is 1. The molecule has 0 aliphatic carbocycles. The van der Waals surface area contributed by atoms with Gasteiger partial charge < -0.3 is 15.1 Å². The Labute approximate surface area is 176 Å². The number of nitrogens with one attached hydrogen (secondary N) is 1. The molecule has 3 rings (SSSR count). The van der Waals surface area contributed by atoms with E-state index in [1.54, 1.807) is 24.4 Å². The summed E-state index contributed by atoms with van der Waals surface area (Å²) in [6.07, 6.45) is 1.60. The van der Waals surface area contributed by atoms with E-state index < -0.39 is 0 Å². The lowest BCUT2D eigenvalue weighted by atomic mass is 10.1. The number of rotatable bonds is 6. The number of carbonyl (C=O) groups excluding carboxylic acids is 2. The van der Waals surface area contributed by atoms with Crippen LogP contribution in [0.4, 0.5) is 11.5 Å². The Morgan fingerprint density at radius 3 is 2.38 bits per heavy atom. The van der Waals surface area contributed by atoms with Crippen molar-refractivity contribution in [1.82, 2.24) is 9.88 Å². The molecule has 0 atom stereocenters. The highest BCUT2D eigenvalue weighted by Gasteiger charge is 2.19.